The van der Waals surface area contributed by atoms with E-state index < -0.39 is 4.92 Å². The molecule has 1 aromatic carbocycles. The summed E-state index contributed by atoms with van der Waals surface area (Å²) in [5.74, 6) is 1.01. The topological polar surface area (TPSA) is 68.1 Å². The van der Waals surface area contributed by atoms with Crippen LogP contribution in [0.25, 0.3) is 0 Å². The van der Waals surface area contributed by atoms with Crippen LogP contribution < -0.4 is 5.32 Å². The Morgan fingerprint density at radius 2 is 1.85 bits per heavy atom. The van der Waals surface area contributed by atoms with Crippen LogP contribution in [0.4, 0.5) is 11.5 Å². The van der Waals surface area contributed by atoms with Crippen molar-refractivity contribution < 1.29 is 4.92 Å². The third-order valence-corrected chi connectivity index (χ3v) is 3.09. The first-order chi connectivity index (χ1) is 9.58. The number of hydrogen-bond acceptors (Lipinski definition) is 4. The maximum atomic E-state index is 10.6. The standard InChI is InChI=1S/C15H17N3O2/c1-11(2)15(12-6-4-3-5-7-12)17-14-9-8-13(10-16-14)18(19)20/h3-11,15H,1-2H3,(H,16,17)/t15-/m1/s1. The van der Waals surface area contributed by atoms with Gasteiger partial charge in [-0.25, -0.2) is 4.98 Å². The summed E-state index contributed by atoms with van der Waals surface area (Å²) in [7, 11) is 0. The van der Waals surface area contributed by atoms with E-state index in [2.05, 4.69) is 36.3 Å². The molecule has 2 aromatic rings. The molecule has 0 aliphatic heterocycles. The van der Waals surface area contributed by atoms with Crippen LogP contribution in [0.1, 0.15) is 25.5 Å². The average molecular weight is 271 g/mol. The van der Waals surface area contributed by atoms with Crippen LogP contribution in [-0.2, 0) is 0 Å². The SMILES string of the molecule is CC(C)[C@@H](Nc1ccc([N+](=O)[O-])cn1)c1ccccc1. The molecule has 0 spiro atoms. The molecule has 0 unspecified atom stereocenters. The zero-order valence-electron chi connectivity index (χ0n) is 11.5. The summed E-state index contributed by atoms with van der Waals surface area (Å²) in [5, 5.41) is 13.9. The Kier molecular flexibility index (Phi) is 4.30. The fourth-order valence-corrected chi connectivity index (χ4v) is 2.03. The maximum Gasteiger partial charge on any atom is 0.287 e. The van der Waals surface area contributed by atoms with Gasteiger partial charge in [0.2, 0.25) is 0 Å². The zero-order chi connectivity index (χ0) is 14.5. The predicted molar refractivity (Wildman–Crippen MR) is 78.5 cm³/mol. The van der Waals surface area contributed by atoms with Crippen LogP contribution in [0.5, 0.6) is 0 Å². The molecule has 0 aliphatic carbocycles. The fourth-order valence-electron chi connectivity index (χ4n) is 2.03. The molecule has 5 nitrogen and oxygen atoms in total. The molecule has 1 heterocycles. The second kappa shape index (κ2) is 6.14. The van der Waals surface area contributed by atoms with E-state index in [4.69, 9.17) is 0 Å². The molecule has 0 bridgehead atoms. The number of pyridine rings is 1. The van der Waals surface area contributed by atoms with Gasteiger partial charge in [0.25, 0.3) is 5.69 Å². The Morgan fingerprint density at radius 3 is 2.35 bits per heavy atom. The first-order valence-corrected chi connectivity index (χ1v) is 6.50. The van der Waals surface area contributed by atoms with Crippen LogP contribution in [0.2, 0.25) is 0 Å². The Bertz CT molecular complexity index is 567. The summed E-state index contributed by atoms with van der Waals surface area (Å²) in [6.45, 7) is 4.24. The number of nitrogens with one attached hydrogen (secondary N) is 1. The number of nitro groups is 1. The molecule has 1 N–H and O–H groups in total. The molecule has 5 heteroatoms. The van der Waals surface area contributed by atoms with Crippen LogP contribution >= 0.6 is 0 Å². The molecule has 20 heavy (non-hydrogen) atoms. The fraction of sp³-hybridized carbons (Fsp3) is 0.267. The zero-order valence-corrected chi connectivity index (χ0v) is 11.5. The molecule has 1 atom stereocenters. The molecule has 0 aliphatic rings. The van der Waals surface area contributed by atoms with E-state index in [1.807, 2.05) is 18.2 Å². The van der Waals surface area contributed by atoms with Crippen molar-refractivity contribution in [3.8, 4) is 0 Å². The summed E-state index contributed by atoms with van der Waals surface area (Å²) in [4.78, 5) is 14.3. The third-order valence-electron chi connectivity index (χ3n) is 3.09. The lowest BCUT2D eigenvalue weighted by Crippen LogP contribution is -2.17. The summed E-state index contributed by atoms with van der Waals surface area (Å²) >= 11 is 0. The quantitative estimate of drug-likeness (QED) is 0.663. The van der Waals surface area contributed by atoms with Gasteiger partial charge in [-0.05, 0) is 17.5 Å². The highest BCUT2D eigenvalue weighted by Crippen LogP contribution is 2.26. The molecule has 0 saturated carbocycles. The first kappa shape index (κ1) is 14.0. The Hall–Kier alpha value is -2.43. The molecule has 0 fully saturated rings. The molecular formula is C15H17N3O2. The van der Waals surface area contributed by atoms with Crippen molar-refractivity contribution in [2.24, 2.45) is 5.92 Å². The average Bonchev–Trinajstić information content (AvgIpc) is 2.46. The third kappa shape index (κ3) is 3.32. The van der Waals surface area contributed by atoms with E-state index in [1.54, 1.807) is 6.07 Å². The van der Waals surface area contributed by atoms with Crippen molar-refractivity contribution >= 4 is 11.5 Å². The van der Waals surface area contributed by atoms with Gasteiger partial charge in [0.05, 0.1) is 11.0 Å². The minimum Gasteiger partial charge on any atom is -0.363 e. The van der Waals surface area contributed by atoms with Crippen LogP contribution in [0.3, 0.4) is 0 Å². The Balaban J connectivity index is 2.19. The van der Waals surface area contributed by atoms with Gasteiger partial charge in [0.15, 0.2) is 0 Å². The second-order valence-corrected chi connectivity index (χ2v) is 4.94. The van der Waals surface area contributed by atoms with E-state index in [-0.39, 0.29) is 11.7 Å². The molecule has 1 aromatic heterocycles. The monoisotopic (exact) mass is 271 g/mol. The van der Waals surface area contributed by atoms with Gasteiger partial charge in [-0.15, -0.1) is 0 Å². The van der Waals surface area contributed by atoms with E-state index in [0.29, 0.717) is 11.7 Å². The number of anilines is 1. The van der Waals surface area contributed by atoms with Crippen molar-refractivity contribution in [3.05, 3.63) is 64.3 Å². The smallest absolute Gasteiger partial charge is 0.287 e. The van der Waals surface area contributed by atoms with Crippen molar-refractivity contribution in [1.82, 2.24) is 4.98 Å². The lowest BCUT2D eigenvalue weighted by Gasteiger charge is -2.23. The lowest BCUT2D eigenvalue weighted by molar-refractivity contribution is -0.385. The summed E-state index contributed by atoms with van der Waals surface area (Å²) < 4.78 is 0. The van der Waals surface area contributed by atoms with Gasteiger partial charge < -0.3 is 5.32 Å². The van der Waals surface area contributed by atoms with Gasteiger partial charge in [0, 0.05) is 6.07 Å². The molecule has 2 rings (SSSR count). The number of hydrogen-bond donors (Lipinski definition) is 1. The molecular weight excluding hydrogens is 254 g/mol. The summed E-state index contributed by atoms with van der Waals surface area (Å²) in [6, 6.07) is 13.3. The van der Waals surface area contributed by atoms with Crippen LogP contribution in [0, 0.1) is 16.0 Å². The van der Waals surface area contributed by atoms with E-state index in [0.717, 1.165) is 0 Å². The minimum atomic E-state index is -0.450. The number of rotatable bonds is 5. The minimum absolute atomic E-state index is 0.00337. The first-order valence-electron chi connectivity index (χ1n) is 6.50. The summed E-state index contributed by atoms with van der Waals surface area (Å²) in [5.41, 5.74) is 1.17. The van der Waals surface area contributed by atoms with Gasteiger partial charge in [-0.2, -0.15) is 0 Å². The second-order valence-electron chi connectivity index (χ2n) is 4.94. The van der Waals surface area contributed by atoms with Crippen molar-refractivity contribution in [2.45, 2.75) is 19.9 Å². The van der Waals surface area contributed by atoms with Crippen molar-refractivity contribution in [1.29, 1.82) is 0 Å². The van der Waals surface area contributed by atoms with E-state index in [1.165, 1.54) is 17.8 Å². The highest BCUT2D eigenvalue weighted by Gasteiger charge is 2.16. The maximum absolute atomic E-state index is 10.6. The van der Waals surface area contributed by atoms with Gasteiger partial charge in [-0.3, -0.25) is 10.1 Å². The lowest BCUT2D eigenvalue weighted by atomic mass is 9.96. The normalized spacial score (nSPS) is 12.2. The van der Waals surface area contributed by atoms with E-state index >= 15 is 0 Å². The van der Waals surface area contributed by atoms with Gasteiger partial charge in [0.1, 0.15) is 12.0 Å². The largest absolute Gasteiger partial charge is 0.363 e. The highest BCUT2D eigenvalue weighted by molar-refractivity contribution is 5.42. The number of aromatic nitrogens is 1. The molecule has 0 radical (unpaired) electrons. The van der Waals surface area contributed by atoms with E-state index in [9.17, 15) is 10.1 Å². The Morgan fingerprint density at radius 1 is 1.15 bits per heavy atom. The van der Waals surface area contributed by atoms with Crippen LogP contribution in [0.15, 0.2) is 48.7 Å². The number of nitrogens with zero attached hydrogens (tertiary/aromatic N) is 2. The Labute approximate surface area is 117 Å². The summed E-state index contributed by atoms with van der Waals surface area (Å²) in [6.07, 6.45) is 1.27. The van der Waals surface area contributed by atoms with Gasteiger partial charge >= 0.3 is 0 Å². The molecule has 104 valence electrons. The van der Waals surface area contributed by atoms with Crippen molar-refractivity contribution in [3.63, 3.8) is 0 Å². The van der Waals surface area contributed by atoms with Gasteiger partial charge in [-0.1, -0.05) is 44.2 Å². The molecule has 0 saturated heterocycles. The number of benzene rings is 1. The van der Waals surface area contributed by atoms with Crippen LogP contribution in [-0.4, -0.2) is 9.91 Å². The predicted octanol–water partition coefficient (Wildman–Crippen LogP) is 3.80. The molecule has 0 amide bonds. The van der Waals surface area contributed by atoms with Crippen molar-refractivity contribution in [2.75, 3.05) is 5.32 Å². The highest BCUT2D eigenvalue weighted by atomic mass is 16.6.